The summed E-state index contributed by atoms with van der Waals surface area (Å²) in [6, 6.07) is 3.64. The molecule has 2 aromatic rings. The lowest BCUT2D eigenvalue weighted by Crippen LogP contribution is -2.46. The molecule has 4 nitrogen and oxygen atoms in total. The predicted molar refractivity (Wildman–Crippen MR) is 115 cm³/mol. The predicted octanol–water partition coefficient (Wildman–Crippen LogP) is 6.19. The zero-order chi connectivity index (χ0) is 25.8. The highest BCUT2D eigenvalue weighted by molar-refractivity contribution is 8.13. The maximum Gasteiger partial charge on any atom is 0.417 e. The molecule has 3 heterocycles. The third-order valence-electron chi connectivity index (χ3n) is 5.65. The molecule has 0 aliphatic carbocycles. The number of amidine groups is 1. The molecule has 2 aliphatic rings. The van der Waals surface area contributed by atoms with Crippen LogP contribution >= 0.6 is 23.4 Å². The summed E-state index contributed by atoms with van der Waals surface area (Å²) in [6.45, 7) is -0.609. The quantitative estimate of drug-likeness (QED) is 0.469. The molecule has 4 rings (SSSR count). The first-order valence-corrected chi connectivity index (χ1v) is 11.2. The minimum Gasteiger partial charge on any atom is -0.379 e. The van der Waals surface area contributed by atoms with E-state index in [2.05, 4.69) is 9.98 Å². The fourth-order valence-electron chi connectivity index (χ4n) is 4.04. The summed E-state index contributed by atoms with van der Waals surface area (Å²) in [5, 5.41) is -0.673. The molecule has 0 unspecified atom stereocenters. The molecule has 0 radical (unpaired) electrons. The molecular formula is C21H14ClF8N3OS. The number of pyridine rings is 1. The van der Waals surface area contributed by atoms with Gasteiger partial charge in [-0.2, -0.15) is 26.3 Å². The van der Waals surface area contributed by atoms with E-state index in [1.807, 2.05) is 0 Å². The Labute approximate surface area is 202 Å². The number of thioether (sulfide) groups is 1. The number of halogens is 9. The van der Waals surface area contributed by atoms with Crippen LogP contribution in [0.5, 0.6) is 0 Å². The van der Waals surface area contributed by atoms with Gasteiger partial charge >= 0.3 is 12.4 Å². The van der Waals surface area contributed by atoms with Crippen LogP contribution in [0.25, 0.3) is 11.9 Å². The Balaban J connectivity index is 1.75. The number of benzene rings is 1. The van der Waals surface area contributed by atoms with E-state index >= 15 is 0 Å². The summed E-state index contributed by atoms with van der Waals surface area (Å²) in [5.74, 6) is -3.50. The number of aliphatic imine (C=N–C) groups is 1. The van der Waals surface area contributed by atoms with E-state index in [1.165, 1.54) is 0 Å². The number of aromatic nitrogens is 1. The van der Waals surface area contributed by atoms with Gasteiger partial charge in [-0.3, -0.25) is 4.98 Å². The summed E-state index contributed by atoms with van der Waals surface area (Å²) in [6.07, 6.45) is -10.5. The summed E-state index contributed by atoms with van der Waals surface area (Å²) in [5.41, 5.74) is 1.86. The SMILES string of the molecule is NC1=N[C@@]2(c3cc(/C=C(\F)c4ncc(C(F)(F)F)cc4Cl)ccc3F)CO[C@H](C(F)(F)F)[C@H]2CS1. The third-order valence-corrected chi connectivity index (χ3v) is 6.85. The monoisotopic (exact) mass is 543 g/mol. The second-order valence-electron chi connectivity index (χ2n) is 7.85. The number of nitrogens with two attached hydrogens (primary N) is 1. The third kappa shape index (κ3) is 4.85. The van der Waals surface area contributed by atoms with E-state index in [0.29, 0.717) is 12.3 Å². The van der Waals surface area contributed by atoms with Gasteiger partial charge in [-0.1, -0.05) is 29.4 Å². The Hall–Kier alpha value is -2.38. The van der Waals surface area contributed by atoms with Gasteiger partial charge in [0.1, 0.15) is 17.1 Å². The zero-order valence-electron chi connectivity index (χ0n) is 17.2. The van der Waals surface area contributed by atoms with Gasteiger partial charge in [-0.05, 0) is 29.8 Å². The van der Waals surface area contributed by atoms with Gasteiger partial charge in [0.25, 0.3) is 0 Å². The molecule has 188 valence electrons. The van der Waals surface area contributed by atoms with Crippen LogP contribution in [0.15, 0.2) is 35.5 Å². The van der Waals surface area contributed by atoms with Crippen molar-refractivity contribution < 1.29 is 39.9 Å². The summed E-state index contributed by atoms with van der Waals surface area (Å²) in [4.78, 5) is 7.55. The molecular weight excluding hydrogens is 530 g/mol. The highest BCUT2D eigenvalue weighted by Crippen LogP contribution is 2.52. The Kier molecular flexibility index (Phi) is 6.56. The number of ether oxygens (including phenoxy) is 1. The van der Waals surface area contributed by atoms with Crippen molar-refractivity contribution in [2.45, 2.75) is 24.0 Å². The van der Waals surface area contributed by atoms with Crippen molar-refractivity contribution in [3.8, 4) is 0 Å². The number of rotatable bonds is 3. The van der Waals surface area contributed by atoms with E-state index in [1.54, 1.807) is 0 Å². The van der Waals surface area contributed by atoms with Crippen LogP contribution < -0.4 is 5.73 Å². The van der Waals surface area contributed by atoms with Crippen LogP contribution in [-0.2, 0) is 16.5 Å². The highest BCUT2D eigenvalue weighted by atomic mass is 35.5. The minimum absolute atomic E-state index is 0.0211. The van der Waals surface area contributed by atoms with Crippen molar-refractivity contribution in [1.29, 1.82) is 0 Å². The van der Waals surface area contributed by atoms with Gasteiger partial charge in [0.2, 0.25) is 0 Å². The Morgan fingerprint density at radius 2 is 1.91 bits per heavy atom. The lowest BCUT2D eigenvalue weighted by Gasteiger charge is -2.36. The Morgan fingerprint density at radius 1 is 1.20 bits per heavy atom. The van der Waals surface area contributed by atoms with Crippen LogP contribution in [-0.4, -0.2) is 34.8 Å². The van der Waals surface area contributed by atoms with Crippen molar-refractivity contribution in [3.63, 3.8) is 0 Å². The second kappa shape index (κ2) is 8.93. The molecule has 1 aromatic heterocycles. The molecule has 1 fully saturated rings. The Morgan fingerprint density at radius 3 is 2.54 bits per heavy atom. The van der Waals surface area contributed by atoms with Crippen molar-refractivity contribution in [2.75, 3.05) is 12.4 Å². The van der Waals surface area contributed by atoms with Crippen molar-refractivity contribution in [3.05, 3.63) is 63.7 Å². The summed E-state index contributed by atoms with van der Waals surface area (Å²) in [7, 11) is 0. The molecule has 3 atom stereocenters. The number of fused-ring (bicyclic) bond motifs is 1. The fourth-order valence-corrected chi connectivity index (χ4v) is 5.33. The maximum atomic E-state index is 14.9. The van der Waals surface area contributed by atoms with Gasteiger partial charge in [0.15, 0.2) is 17.1 Å². The number of hydrogen-bond acceptors (Lipinski definition) is 5. The maximum absolute atomic E-state index is 14.9. The van der Waals surface area contributed by atoms with Crippen LogP contribution in [0.2, 0.25) is 5.02 Å². The van der Waals surface area contributed by atoms with Crippen LogP contribution in [0.3, 0.4) is 0 Å². The van der Waals surface area contributed by atoms with E-state index in [9.17, 15) is 35.1 Å². The normalized spacial score (nSPS) is 25.4. The van der Waals surface area contributed by atoms with Crippen LogP contribution in [0.1, 0.15) is 22.4 Å². The smallest absolute Gasteiger partial charge is 0.379 e. The van der Waals surface area contributed by atoms with Crippen molar-refractivity contribution >= 4 is 40.4 Å². The van der Waals surface area contributed by atoms with E-state index in [0.717, 1.165) is 36.0 Å². The molecule has 1 saturated heterocycles. The zero-order valence-corrected chi connectivity index (χ0v) is 18.8. The molecule has 0 bridgehead atoms. The average molecular weight is 544 g/mol. The summed E-state index contributed by atoms with van der Waals surface area (Å²) < 4.78 is 114. The van der Waals surface area contributed by atoms with Gasteiger partial charge in [0.05, 0.1) is 17.2 Å². The number of nitrogens with zero attached hydrogens (tertiary/aromatic N) is 2. The van der Waals surface area contributed by atoms with E-state index in [4.69, 9.17) is 22.1 Å². The molecule has 2 aliphatic heterocycles. The molecule has 0 amide bonds. The number of alkyl halides is 6. The first-order valence-electron chi connectivity index (χ1n) is 9.79. The lowest BCUT2D eigenvalue weighted by molar-refractivity contribution is -0.215. The standard InChI is InChI=1S/C21H14ClF8N3OS/c22-13-5-10(20(25,26)27)6-32-16(13)15(24)4-9-1-2-14(23)11(3-9)19-8-34-17(21(28,29)30)12(19)7-35-18(31)33-19/h1-6,12,17H,7-8H2,(H2,31,33)/b15-4-/t12-,17+,19-/m1/s1. The molecule has 1 aromatic carbocycles. The first-order chi connectivity index (χ1) is 16.2. The van der Waals surface area contributed by atoms with Gasteiger partial charge < -0.3 is 10.5 Å². The largest absolute Gasteiger partial charge is 0.417 e. The van der Waals surface area contributed by atoms with Crippen molar-refractivity contribution in [2.24, 2.45) is 16.6 Å². The van der Waals surface area contributed by atoms with Gasteiger partial charge in [0, 0.05) is 23.4 Å². The van der Waals surface area contributed by atoms with Crippen molar-refractivity contribution in [1.82, 2.24) is 4.98 Å². The van der Waals surface area contributed by atoms with Crippen LogP contribution in [0.4, 0.5) is 35.1 Å². The second-order valence-corrected chi connectivity index (χ2v) is 9.30. The van der Waals surface area contributed by atoms with E-state index in [-0.39, 0.29) is 22.0 Å². The molecule has 0 spiro atoms. The topological polar surface area (TPSA) is 60.5 Å². The van der Waals surface area contributed by atoms with Gasteiger partial charge in [-0.25, -0.2) is 13.8 Å². The first kappa shape index (κ1) is 25.7. The Bertz CT molecular complexity index is 1220. The fraction of sp³-hybridized carbons (Fsp3) is 0.333. The lowest BCUT2D eigenvalue weighted by atomic mass is 9.78. The number of hydrogen-bond donors (Lipinski definition) is 1. The van der Waals surface area contributed by atoms with E-state index < -0.39 is 64.4 Å². The summed E-state index contributed by atoms with van der Waals surface area (Å²) >= 11 is 6.64. The molecule has 35 heavy (non-hydrogen) atoms. The highest BCUT2D eigenvalue weighted by Gasteiger charge is 2.61. The van der Waals surface area contributed by atoms with Crippen LogP contribution in [0, 0.1) is 11.7 Å². The average Bonchev–Trinajstić information content (AvgIpc) is 3.14. The minimum atomic E-state index is -4.74. The van der Waals surface area contributed by atoms with Gasteiger partial charge in [-0.15, -0.1) is 0 Å². The molecule has 2 N–H and O–H groups in total. The molecule has 14 heteroatoms. The molecule has 0 saturated carbocycles.